The number of fused-ring (bicyclic) bond motifs is 1. The molecule has 210 valence electrons. The maximum Gasteiger partial charge on any atom is 0.338 e. The van der Waals surface area contributed by atoms with E-state index in [2.05, 4.69) is 4.99 Å². The molecular weight excluding hydrogens is 544 g/mol. The monoisotopic (exact) mass is 572 g/mol. The van der Waals surface area contributed by atoms with E-state index in [0.717, 1.165) is 0 Å². The van der Waals surface area contributed by atoms with Gasteiger partial charge in [0.25, 0.3) is 5.56 Å². The minimum atomic E-state index is -1.02. The molecule has 10 heteroatoms. The van der Waals surface area contributed by atoms with E-state index in [1.165, 1.54) is 15.9 Å². The van der Waals surface area contributed by atoms with Gasteiger partial charge in [-0.1, -0.05) is 35.6 Å². The number of carbonyl (C=O) groups excluding carboxylic acids is 1. The zero-order valence-electron chi connectivity index (χ0n) is 23.0. The quantitative estimate of drug-likeness (QED) is 0.310. The number of carboxylic acids is 1. The van der Waals surface area contributed by atoms with Crippen LogP contribution in [0.15, 0.2) is 80.1 Å². The molecule has 0 fully saturated rings. The van der Waals surface area contributed by atoms with Crippen molar-refractivity contribution in [1.82, 2.24) is 4.57 Å². The van der Waals surface area contributed by atoms with E-state index in [0.29, 0.717) is 61.2 Å². The Bertz CT molecular complexity index is 1860. The highest BCUT2D eigenvalue weighted by Crippen LogP contribution is 2.32. The second-order valence-corrected chi connectivity index (χ2v) is 10.3. The number of benzene rings is 2. The summed E-state index contributed by atoms with van der Waals surface area (Å²) < 4.78 is 18.8. The molecule has 0 amide bonds. The van der Waals surface area contributed by atoms with Gasteiger partial charge in [-0.3, -0.25) is 9.36 Å². The molecule has 0 bridgehead atoms. The van der Waals surface area contributed by atoms with Gasteiger partial charge in [-0.2, -0.15) is 0 Å². The van der Waals surface area contributed by atoms with Crippen molar-refractivity contribution in [2.75, 3.05) is 13.2 Å². The summed E-state index contributed by atoms with van der Waals surface area (Å²) in [6.45, 7) is 7.78. The number of nitrogens with zero attached hydrogens (tertiary/aromatic N) is 2. The van der Waals surface area contributed by atoms with Crippen molar-refractivity contribution in [2.45, 2.75) is 33.7 Å². The summed E-state index contributed by atoms with van der Waals surface area (Å²) in [5.74, 6) is 0.0369. The molecule has 3 heterocycles. The average Bonchev–Trinajstić information content (AvgIpc) is 3.52. The minimum absolute atomic E-state index is 0.186. The van der Waals surface area contributed by atoms with E-state index in [-0.39, 0.29) is 17.7 Å². The molecule has 0 saturated carbocycles. The van der Waals surface area contributed by atoms with Crippen molar-refractivity contribution >= 4 is 29.4 Å². The van der Waals surface area contributed by atoms with Crippen LogP contribution in [0.25, 0.3) is 17.4 Å². The molecule has 1 aliphatic heterocycles. The van der Waals surface area contributed by atoms with Gasteiger partial charge in [0.1, 0.15) is 17.3 Å². The van der Waals surface area contributed by atoms with Crippen LogP contribution in [-0.2, 0) is 9.53 Å². The largest absolute Gasteiger partial charge is 0.494 e. The Balaban J connectivity index is 1.61. The van der Waals surface area contributed by atoms with Crippen LogP contribution in [0.2, 0.25) is 0 Å². The van der Waals surface area contributed by atoms with Crippen LogP contribution in [0.1, 0.15) is 54.1 Å². The van der Waals surface area contributed by atoms with Gasteiger partial charge >= 0.3 is 11.9 Å². The molecule has 1 atom stereocenters. The van der Waals surface area contributed by atoms with Crippen LogP contribution >= 0.6 is 11.3 Å². The fraction of sp³-hybridized carbons (Fsp3) is 0.226. The van der Waals surface area contributed by atoms with Crippen molar-refractivity contribution in [3.8, 4) is 17.1 Å². The Morgan fingerprint density at radius 3 is 2.51 bits per heavy atom. The number of ether oxygens (including phenoxy) is 2. The number of furan rings is 1. The Morgan fingerprint density at radius 1 is 1.07 bits per heavy atom. The number of allylic oxidation sites excluding steroid dienone is 1. The van der Waals surface area contributed by atoms with Crippen LogP contribution in [0, 0.1) is 6.92 Å². The smallest absolute Gasteiger partial charge is 0.338 e. The molecule has 0 spiro atoms. The number of aromatic nitrogens is 1. The average molecular weight is 573 g/mol. The van der Waals surface area contributed by atoms with E-state index in [9.17, 15) is 19.5 Å². The Kier molecular flexibility index (Phi) is 7.76. The first-order valence-corrected chi connectivity index (χ1v) is 13.9. The number of esters is 1. The lowest BCUT2D eigenvalue weighted by atomic mass is 9.96. The number of thiazole rings is 1. The Hall–Kier alpha value is -4.70. The van der Waals surface area contributed by atoms with Gasteiger partial charge in [0.2, 0.25) is 0 Å². The maximum atomic E-state index is 13.8. The lowest BCUT2D eigenvalue weighted by Gasteiger charge is -2.24. The molecule has 2 aromatic heterocycles. The summed E-state index contributed by atoms with van der Waals surface area (Å²) in [6.07, 6.45) is 1.63. The molecule has 9 nitrogen and oxygen atoms in total. The first kappa shape index (κ1) is 27.9. The van der Waals surface area contributed by atoms with E-state index < -0.39 is 18.0 Å². The van der Waals surface area contributed by atoms with Crippen LogP contribution in [0.5, 0.6) is 5.75 Å². The van der Waals surface area contributed by atoms with Crippen LogP contribution in [-0.4, -0.2) is 34.8 Å². The van der Waals surface area contributed by atoms with Crippen molar-refractivity contribution < 1.29 is 28.6 Å². The summed E-state index contributed by atoms with van der Waals surface area (Å²) in [5.41, 5.74) is 2.58. The molecule has 0 unspecified atom stereocenters. The third kappa shape index (κ3) is 5.26. The SMILES string of the molecule is CCOC(=O)C1=C(C)N=c2s/c(=C/c3ccc(-c4cccc(C(=O)O)c4C)o3)c(=O)n2[C@@H]1c1ccc(OCC)cc1. The molecular formula is C31H28N2O7S. The molecule has 41 heavy (non-hydrogen) atoms. The third-order valence-electron chi connectivity index (χ3n) is 6.75. The first-order valence-electron chi connectivity index (χ1n) is 13.1. The van der Waals surface area contributed by atoms with Crippen molar-refractivity contribution in [3.63, 3.8) is 0 Å². The van der Waals surface area contributed by atoms with Crippen LogP contribution in [0.3, 0.4) is 0 Å². The zero-order valence-corrected chi connectivity index (χ0v) is 23.8. The minimum Gasteiger partial charge on any atom is -0.494 e. The van der Waals surface area contributed by atoms with Gasteiger partial charge in [0.15, 0.2) is 4.80 Å². The lowest BCUT2D eigenvalue weighted by molar-refractivity contribution is -0.139. The van der Waals surface area contributed by atoms with E-state index in [1.54, 1.807) is 69.3 Å². The number of aromatic carboxylic acids is 1. The zero-order chi connectivity index (χ0) is 29.3. The Labute approximate surface area is 239 Å². The number of hydrogen-bond acceptors (Lipinski definition) is 8. The standard InChI is InChI=1S/C31H28N2O7S/c1-5-38-20-12-10-19(11-13-20)27-26(30(37)39-6-2)18(4)32-31-33(27)28(34)25(41-31)16-21-14-15-24(40-21)22-8-7-9-23(17(22)3)29(35)36/h7-16,27H,5-6H2,1-4H3,(H,35,36)/b25-16+/t27-/m1/s1. The predicted octanol–water partition coefficient (Wildman–Crippen LogP) is 4.46. The normalized spacial score (nSPS) is 14.9. The van der Waals surface area contributed by atoms with Crippen molar-refractivity contribution in [1.29, 1.82) is 0 Å². The van der Waals surface area contributed by atoms with Gasteiger partial charge in [-0.25, -0.2) is 14.6 Å². The molecule has 0 radical (unpaired) electrons. The predicted molar refractivity (Wildman–Crippen MR) is 154 cm³/mol. The molecule has 4 aromatic rings. The highest BCUT2D eigenvalue weighted by Gasteiger charge is 2.33. The topological polar surface area (TPSA) is 120 Å². The van der Waals surface area contributed by atoms with E-state index in [4.69, 9.17) is 13.9 Å². The van der Waals surface area contributed by atoms with Gasteiger partial charge in [-0.15, -0.1) is 0 Å². The summed E-state index contributed by atoms with van der Waals surface area (Å²) in [4.78, 5) is 43.5. The summed E-state index contributed by atoms with van der Waals surface area (Å²) in [7, 11) is 0. The fourth-order valence-electron chi connectivity index (χ4n) is 4.86. The molecule has 5 rings (SSSR count). The van der Waals surface area contributed by atoms with Gasteiger partial charge in [0, 0.05) is 11.6 Å². The summed E-state index contributed by atoms with van der Waals surface area (Å²) in [6, 6.07) is 15.0. The summed E-state index contributed by atoms with van der Waals surface area (Å²) in [5, 5.41) is 9.47. The van der Waals surface area contributed by atoms with Gasteiger partial charge < -0.3 is 19.0 Å². The van der Waals surface area contributed by atoms with Crippen LogP contribution in [0.4, 0.5) is 0 Å². The Morgan fingerprint density at radius 2 is 1.83 bits per heavy atom. The third-order valence-corrected chi connectivity index (χ3v) is 7.74. The number of carbonyl (C=O) groups is 2. The first-order chi connectivity index (χ1) is 19.7. The number of rotatable bonds is 8. The van der Waals surface area contributed by atoms with Crippen LogP contribution < -0.4 is 19.6 Å². The second-order valence-electron chi connectivity index (χ2n) is 9.29. The maximum absolute atomic E-state index is 13.8. The van der Waals surface area contributed by atoms with Crippen molar-refractivity contribution in [3.05, 3.63) is 108 Å². The van der Waals surface area contributed by atoms with Crippen molar-refractivity contribution in [2.24, 2.45) is 4.99 Å². The second kappa shape index (κ2) is 11.4. The molecule has 1 N–H and O–H groups in total. The van der Waals surface area contributed by atoms with E-state index in [1.807, 2.05) is 19.1 Å². The molecule has 0 aliphatic carbocycles. The number of hydrogen-bond donors (Lipinski definition) is 1. The van der Waals surface area contributed by atoms with Gasteiger partial charge in [0.05, 0.1) is 40.6 Å². The molecule has 1 aliphatic rings. The molecule has 0 saturated heterocycles. The molecule has 2 aromatic carbocycles. The van der Waals surface area contributed by atoms with Gasteiger partial charge in [-0.05, 0) is 69.2 Å². The highest BCUT2D eigenvalue weighted by atomic mass is 32.1. The lowest BCUT2D eigenvalue weighted by Crippen LogP contribution is -2.39. The summed E-state index contributed by atoms with van der Waals surface area (Å²) >= 11 is 1.19. The van der Waals surface area contributed by atoms with E-state index >= 15 is 0 Å². The highest BCUT2D eigenvalue weighted by molar-refractivity contribution is 7.07. The fourth-order valence-corrected chi connectivity index (χ4v) is 5.89. The number of carboxylic acid groups (broad SMARTS) is 1.